The lowest BCUT2D eigenvalue weighted by Crippen LogP contribution is -2.29. The molecule has 0 heterocycles. The molecule has 0 aliphatic rings. The van der Waals surface area contributed by atoms with Crippen LogP contribution in [0.4, 0.5) is 0 Å². The van der Waals surface area contributed by atoms with Gasteiger partial charge in [0.25, 0.3) is 0 Å². The molecular formula is C59H104O5. The summed E-state index contributed by atoms with van der Waals surface area (Å²) in [6.45, 7) is 7.62. The minimum atomic E-state index is -0.428. The van der Waals surface area contributed by atoms with Crippen molar-refractivity contribution in [2.75, 3.05) is 19.8 Å². The Morgan fingerprint density at radius 1 is 0.328 bits per heavy atom. The number of hydrogen-bond acceptors (Lipinski definition) is 5. The Kier molecular flexibility index (Phi) is 52.4. The van der Waals surface area contributed by atoms with Gasteiger partial charge in [0.05, 0.1) is 0 Å². The van der Waals surface area contributed by atoms with Gasteiger partial charge in [-0.2, -0.15) is 0 Å². The SMILES string of the molecule is CCCCC/C=C\C/C=C\C/C=C\C/C=C\CCCC(=O)OC[C@H](COC(=O)CCCCCCC/C=C\C/C=C\CCCCC)OCCCCCCCCCCCCCCCCCC. The van der Waals surface area contributed by atoms with Gasteiger partial charge in [-0.1, -0.05) is 235 Å². The second kappa shape index (κ2) is 54.7. The van der Waals surface area contributed by atoms with E-state index in [2.05, 4.69) is 93.7 Å². The van der Waals surface area contributed by atoms with Crippen molar-refractivity contribution in [1.82, 2.24) is 0 Å². The summed E-state index contributed by atoms with van der Waals surface area (Å²) >= 11 is 0. The number of ether oxygens (including phenoxy) is 3. The van der Waals surface area contributed by atoms with Crippen LogP contribution in [0.2, 0.25) is 0 Å². The fourth-order valence-corrected chi connectivity index (χ4v) is 7.57. The highest BCUT2D eigenvalue weighted by Crippen LogP contribution is 2.15. The molecular weight excluding hydrogens is 789 g/mol. The Bertz CT molecular complexity index is 1150. The monoisotopic (exact) mass is 893 g/mol. The highest BCUT2D eigenvalue weighted by atomic mass is 16.6. The van der Waals surface area contributed by atoms with E-state index in [1.807, 2.05) is 0 Å². The standard InChI is InChI=1S/C59H104O5/c1-4-7-10-13-16-19-22-25-28-30-32-35-38-41-44-47-50-53-59(61)64-56-57(62-54-51-48-45-42-39-36-33-29-26-23-20-17-14-11-8-5-2)55-63-58(60)52-49-46-43-40-37-34-31-27-24-21-18-15-12-9-6-3/h16,18-19,21,25,27-28,31-32,35,41,44,57H,4-15,17,20,22-24,26,29-30,33-34,36-40,42-43,45-56H2,1-3H3/b19-16-,21-18-,28-25-,31-27-,35-32-,44-41-/t57-/m0/s1. The van der Waals surface area contributed by atoms with Gasteiger partial charge in [0, 0.05) is 19.4 Å². The van der Waals surface area contributed by atoms with Crippen LogP contribution in [0.3, 0.4) is 0 Å². The van der Waals surface area contributed by atoms with Gasteiger partial charge in [0.1, 0.15) is 19.3 Å². The third-order valence-electron chi connectivity index (χ3n) is 11.8. The molecule has 0 N–H and O–H groups in total. The van der Waals surface area contributed by atoms with Crippen molar-refractivity contribution in [3.05, 3.63) is 72.9 Å². The predicted molar refractivity (Wildman–Crippen MR) is 279 cm³/mol. The van der Waals surface area contributed by atoms with Crippen molar-refractivity contribution in [3.8, 4) is 0 Å². The Morgan fingerprint density at radius 3 is 1.02 bits per heavy atom. The second-order valence-electron chi connectivity index (χ2n) is 18.1. The van der Waals surface area contributed by atoms with E-state index in [4.69, 9.17) is 14.2 Å². The molecule has 0 aromatic heterocycles. The summed E-state index contributed by atoms with van der Waals surface area (Å²) in [6.07, 6.45) is 70.8. The Labute approximate surface area is 397 Å². The number of esters is 2. The molecule has 0 aliphatic heterocycles. The van der Waals surface area contributed by atoms with Crippen LogP contribution in [0.15, 0.2) is 72.9 Å². The second-order valence-corrected chi connectivity index (χ2v) is 18.1. The van der Waals surface area contributed by atoms with Crippen LogP contribution in [0.5, 0.6) is 0 Å². The fraction of sp³-hybridized carbons (Fsp3) is 0.763. The van der Waals surface area contributed by atoms with Gasteiger partial charge in [-0.25, -0.2) is 0 Å². The minimum Gasteiger partial charge on any atom is -0.463 e. The van der Waals surface area contributed by atoms with Gasteiger partial charge in [-0.05, 0) is 89.9 Å². The first-order valence-corrected chi connectivity index (χ1v) is 27.5. The smallest absolute Gasteiger partial charge is 0.305 e. The van der Waals surface area contributed by atoms with E-state index in [0.717, 1.165) is 77.0 Å². The first kappa shape index (κ1) is 61.3. The maximum absolute atomic E-state index is 12.6. The summed E-state index contributed by atoms with van der Waals surface area (Å²) in [4.78, 5) is 25.2. The van der Waals surface area contributed by atoms with Gasteiger partial charge in [0.15, 0.2) is 0 Å². The number of carbonyl (C=O) groups is 2. The summed E-state index contributed by atoms with van der Waals surface area (Å²) < 4.78 is 17.4. The number of allylic oxidation sites excluding steroid dienone is 12. The van der Waals surface area contributed by atoms with E-state index in [1.54, 1.807) is 0 Å². The summed E-state index contributed by atoms with van der Waals surface area (Å²) in [6, 6.07) is 0. The van der Waals surface area contributed by atoms with Gasteiger partial charge in [-0.3, -0.25) is 9.59 Å². The van der Waals surface area contributed by atoms with Gasteiger partial charge < -0.3 is 14.2 Å². The van der Waals surface area contributed by atoms with E-state index in [1.165, 1.54) is 154 Å². The molecule has 0 saturated carbocycles. The fourth-order valence-electron chi connectivity index (χ4n) is 7.57. The summed E-state index contributed by atoms with van der Waals surface area (Å²) in [5.41, 5.74) is 0. The number of hydrogen-bond donors (Lipinski definition) is 0. The molecule has 1 atom stereocenters. The molecule has 5 heteroatoms. The van der Waals surface area contributed by atoms with Gasteiger partial charge in [-0.15, -0.1) is 0 Å². The van der Waals surface area contributed by atoms with E-state index in [0.29, 0.717) is 19.4 Å². The van der Waals surface area contributed by atoms with Crippen molar-refractivity contribution in [2.45, 2.75) is 271 Å². The highest BCUT2D eigenvalue weighted by Gasteiger charge is 2.16. The largest absolute Gasteiger partial charge is 0.463 e. The molecule has 0 fully saturated rings. The summed E-state index contributed by atoms with van der Waals surface area (Å²) in [5, 5.41) is 0. The maximum atomic E-state index is 12.6. The third kappa shape index (κ3) is 52.0. The summed E-state index contributed by atoms with van der Waals surface area (Å²) in [7, 11) is 0. The third-order valence-corrected chi connectivity index (χ3v) is 11.8. The van der Waals surface area contributed by atoms with Crippen molar-refractivity contribution < 1.29 is 23.8 Å². The topological polar surface area (TPSA) is 61.8 Å². The molecule has 5 nitrogen and oxygen atoms in total. The molecule has 0 saturated heterocycles. The van der Waals surface area contributed by atoms with E-state index in [-0.39, 0.29) is 25.2 Å². The van der Waals surface area contributed by atoms with Crippen LogP contribution >= 0.6 is 0 Å². The van der Waals surface area contributed by atoms with Crippen LogP contribution < -0.4 is 0 Å². The van der Waals surface area contributed by atoms with Gasteiger partial charge in [0.2, 0.25) is 0 Å². The molecule has 0 amide bonds. The molecule has 0 aliphatic carbocycles. The number of unbranched alkanes of at least 4 members (excludes halogenated alkanes) is 27. The van der Waals surface area contributed by atoms with Crippen LogP contribution in [-0.2, 0) is 23.8 Å². The average molecular weight is 893 g/mol. The molecule has 64 heavy (non-hydrogen) atoms. The van der Waals surface area contributed by atoms with Crippen molar-refractivity contribution in [3.63, 3.8) is 0 Å². The van der Waals surface area contributed by atoms with E-state index >= 15 is 0 Å². The van der Waals surface area contributed by atoms with Crippen LogP contribution in [0.25, 0.3) is 0 Å². The lowest BCUT2D eigenvalue weighted by atomic mass is 10.0. The van der Waals surface area contributed by atoms with Crippen LogP contribution in [-0.4, -0.2) is 37.9 Å². The Balaban J connectivity index is 4.36. The first-order chi connectivity index (χ1) is 31.6. The molecule has 0 radical (unpaired) electrons. The zero-order valence-corrected chi connectivity index (χ0v) is 42.5. The lowest BCUT2D eigenvalue weighted by Gasteiger charge is -2.18. The number of carbonyl (C=O) groups excluding carboxylic acids is 2. The average Bonchev–Trinajstić information content (AvgIpc) is 3.30. The molecule has 0 rings (SSSR count). The Morgan fingerprint density at radius 2 is 0.609 bits per heavy atom. The predicted octanol–water partition coefficient (Wildman–Crippen LogP) is 18.7. The zero-order valence-electron chi connectivity index (χ0n) is 42.5. The van der Waals surface area contributed by atoms with Crippen LogP contribution in [0.1, 0.15) is 265 Å². The quantitative estimate of drug-likeness (QED) is 0.0346. The zero-order chi connectivity index (χ0) is 46.3. The number of rotatable bonds is 50. The Hall–Kier alpha value is -2.66. The maximum Gasteiger partial charge on any atom is 0.305 e. The van der Waals surface area contributed by atoms with Crippen molar-refractivity contribution in [2.24, 2.45) is 0 Å². The molecule has 0 aromatic rings. The van der Waals surface area contributed by atoms with Crippen molar-refractivity contribution in [1.29, 1.82) is 0 Å². The van der Waals surface area contributed by atoms with Crippen LogP contribution in [0, 0.1) is 0 Å². The molecule has 0 aromatic carbocycles. The molecule has 370 valence electrons. The summed E-state index contributed by atoms with van der Waals surface area (Å²) in [5.74, 6) is -0.407. The normalized spacial score (nSPS) is 12.7. The molecule has 0 unspecified atom stereocenters. The molecule has 0 spiro atoms. The minimum absolute atomic E-state index is 0.124. The van der Waals surface area contributed by atoms with Crippen molar-refractivity contribution >= 4 is 11.9 Å². The highest BCUT2D eigenvalue weighted by molar-refractivity contribution is 5.69. The first-order valence-electron chi connectivity index (χ1n) is 27.5. The molecule has 0 bridgehead atoms. The van der Waals surface area contributed by atoms with Gasteiger partial charge >= 0.3 is 11.9 Å². The van der Waals surface area contributed by atoms with E-state index in [9.17, 15) is 9.59 Å². The lowest BCUT2D eigenvalue weighted by molar-refractivity contribution is -0.155. The van der Waals surface area contributed by atoms with E-state index < -0.39 is 6.10 Å².